The van der Waals surface area contributed by atoms with E-state index in [1.807, 2.05) is 0 Å². The van der Waals surface area contributed by atoms with Crippen LogP contribution in [-0.4, -0.2) is 10.9 Å². The summed E-state index contributed by atoms with van der Waals surface area (Å²) < 4.78 is 0. The fraction of sp³-hybridized carbons (Fsp3) is 1.00. The molecule has 2 nitrogen and oxygen atoms in total. The first-order valence-electron chi connectivity index (χ1n) is 8.47. The molecular formula is C18H38O2S2. The van der Waals surface area contributed by atoms with Crippen molar-refractivity contribution in [1.29, 1.82) is 0 Å². The molecule has 0 spiro atoms. The molecule has 134 valence electrons. The lowest BCUT2D eigenvalue weighted by Crippen LogP contribution is -2.20. The molecule has 0 radical (unpaired) electrons. The monoisotopic (exact) mass is 350 g/mol. The van der Waals surface area contributed by atoms with Gasteiger partial charge in [0.1, 0.15) is 10.9 Å². The fourth-order valence-electron chi connectivity index (χ4n) is 3.15. The highest BCUT2D eigenvalue weighted by molar-refractivity contribution is 7.81. The first kappa shape index (κ1) is 22.6. The number of hydrogen-bond acceptors (Lipinski definition) is 4. The molecule has 22 heavy (non-hydrogen) atoms. The largest absolute Gasteiger partial charge is 0.222 e. The van der Waals surface area contributed by atoms with Crippen molar-refractivity contribution in [2.45, 2.75) is 91.9 Å². The van der Waals surface area contributed by atoms with Gasteiger partial charge in [-0.15, -0.1) is 25.3 Å². The fourth-order valence-corrected chi connectivity index (χ4v) is 3.97. The zero-order valence-electron chi connectivity index (χ0n) is 15.8. The van der Waals surface area contributed by atoms with Crippen LogP contribution in [0.5, 0.6) is 0 Å². The van der Waals surface area contributed by atoms with Gasteiger partial charge in [0.2, 0.25) is 0 Å². The van der Waals surface area contributed by atoms with Crippen LogP contribution in [0, 0.1) is 22.7 Å². The van der Waals surface area contributed by atoms with Crippen LogP contribution in [0.1, 0.15) is 81.1 Å². The molecule has 0 fully saturated rings. The molecule has 0 aliphatic rings. The second-order valence-corrected chi connectivity index (χ2v) is 10.5. The van der Waals surface area contributed by atoms with E-state index in [0.717, 1.165) is 25.7 Å². The van der Waals surface area contributed by atoms with E-state index in [-0.39, 0.29) is 10.9 Å². The summed E-state index contributed by atoms with van der Waals surface area (Å²) in [4.78, 5) is 10.8. The predicted octanol–water partition coefficient (Wildman–Crippen LogP) is 6.37. The molecule has 0 aromatic rings. The van der Waals surface area contributed by atoms with Gasteiger partial charge in [0.05, 0.1) is 0 Å². The molecule has 0 aromatic heterocycles. The molecule has 0 saturated carbocycles. The summed E-state index contributed by atoms with van der Waals surface area (Å²) in [5.41, 5.74) is 0.291. The van der Waals surface area contributed by atoms with Crippen LogP contribution in [0.4, 0.5) is 0 Å². The Labute approximate surface area is 149 Å². The normalized spacial score (nSPS) is 18.8. The van der Waals surface area contributed by atoms with Gasteiger partial charge in [-0.2, -0.15) is 0 Å². The highest BCUT2D eigenvalue weighted by Gasteiger charge is 2.21. The Morgan fingerprint density at radius 3 is 1.18 bits per heavy atom. The van der Waals surface area contributed by atoms with E-state index >= 15 is 0 Å². The number of rotatable bonds is 9. The molecule has 0 amide bonds. The number of hydrogen-bond donors (Lipinski definition) is 2. The molecule has 0 aliphatic carbocycles. The van der Waals surface area contributed by atoms with Crippen molar-refractivity contribution in [1.82, 2.24) is 0 Å². The maximum absolute atomic E-state index is 5.41. The second-order valence-electron chi connectivity index (χ2n) is 9.31. The zero-order valence-corrected chi connectivity index (χ0v) is 17.6. The van der Waals surface area contributed by atoms with Crippen molar-refractivity contribution in [2.24, 2.45) is 22.7 Å². The third kappa shape index (κ3) is 14.2. The van der Waals surface area contributed by atoms with Crippen LogP contribution in [0.3, 0.4) is 0 Å². The molecular weight excluding hydrogens is 312 g/mol. The van der Waals surface area contributed by atoms with Gasteiger partial charge in [0.25, 0.3) is 0 Å². The zero-order chi connectivity index (χ0) is 17.6. The van der Waals surface area contributed by atoms with E-state index in [2.05, 4.69) is 80.6 Å². The summed E-state index contributed by atoms with van der Waals surface area (Å²) in [6, 6.07) is 0. The predicted molar refractivity (Wildman–Crippen MR) is 103 cm³/mol. The van der Waals surface area contributed by atoms with E-state index in [1.54, 1.807) is 0 Å². The molecule has 4 atom stereocenters. The van der Waals surface area contributed by atoms with Crippen LogP contribution in [0.15, 0.2) is 0 Å². The molecule has 0 saturated heterocycles. The first-order chi connectivity index (χ1) is 9.78. The molecule has 0 aromatic carbocycles. The van der Waals surface area contributed by atoms with Gasteiger partial charge in [-0.3, -0.25) is 0 Å². The van der Waals surface area contributed by atoms with E-state index in [9.17, 15) is 0 Å². The summed E-state index contributed by atoms with van der Waals surface area (Å²) in [6.45, 7) is 18.0. The Bertz CT molecular complexity index is 264. The lowest BCUT2D eigenvalue weighted by atomic mass is 9.84. The molecule has 4 heteroatoms. The summed E-state index contributed by atoms with van der Waals surface area (Å²) in [5.74, 6) is 1.12. The van der Waals surface area contributed by atoms with Gasteiger partial charge in [0, 0.05) is 0 Å². The van der Waals surface area contributed by atoms with Gasteiger partial charge in [-0.25, -0.2) is 9.78 Å². The molecule has 4 unspecified atom stereocenters. The summed E-state index contributed by atoms with van der Waals surface area (Å²) in [7, 11) is 0. The van der Waals surface area contributed by atoms with Crippen LogP contribution < -0.4 is 0 Å². The second kappa shape index (κ2) is 9.80. The van der Waals surface area contributed by atoms with Crippen LogP contribution in [-0.2, 0) is 9.78 Å². The van der Waals surface area contributed by atoms with E-state index in [1.165, 1.54) is 0 Å². The third-order valence-electron chi connectivity index (χ3n) is 3.41. The Hall–Kier alpha value is 0.620. The highest BCUT2D eigenvalue weighted by atomic mass is 32.1. The van der Waals surface area contributed by atoms with Crippen molar-refractivity contribution in [3.63, 3.8) is 0 Å². The van der Waals surface area contributed by atoms with Crippen molar-refractivity contribution in [2.75, 3.05) is 0 Å². The molecule has 0 aliphatic heterocycles. The van der Waals surface area contributed by atoms with Gasteiger partial charge in [0.15, 0.2) is 0 Å². The number of thiol groups is 2. The lowest BCUT2D eigenvalue weighted by molar-refractivity contribution is -0.316. The van der Waals surface area contributed by atoms with Gasteiger partial charge >= 0.3 is 0 Å². The van der Waals surface area contributed by atoms with Crippen molar-refractivity contribution < 1.29 is 9.78 Å². The standard InChI is InChI=1S/C18H38O2S2/c1-13(11-17(3,4)5)9-15(21)19-20-16(22)10-14(2)12-18(6,7)8/h13-16,21-22H,9-12H2,1-8H3. The maximum atomic E-state index is 5.41. The Kier molecular flexibility index (Phi) is 10.1. The minimum absolute atomic E-state index is 0.190. The quantitative estimate of drug-likeness (QED) is 0.218. The van der Waals surface area contributed by atoms with E-state index in [0.29, 0.717) is 22.7 Å². The topological polar surface area (TPSA) is 18.5 Å². The molecule has 0 rings (SSSR count). The third-order valence-corrected chi connectivity index (χ3v) is 4.00. The Morgan fingerprint density at radius 2 is 0.955 bits per heavy atom. The van der Waals surface area contributed by atoms with E-state index in [4.69, 9.17) is 9.78 Å². The van der Waals surface area contributed by atoms with E-state index < -0.39 is 0 Å². The molecule has 0 N–H and O–H groups in total. The first-order valence-corrected chi connectivity index (χ1v) is 9.50. The van der Waals surface area contributed by atoms with Crippen molar-refractivity contribution >= 4 is 25.3 Å². The Balaban J connectivity index is 3.96. The van der Waals surface area contributed by atoms with Crippen LogP contribution in [0.2, 0.25) is 0 Å². The average Bonchev–Trinajstić information content (AvgIpc) is 2.20. The van der Waals surface area contributed by atoms with Gasteiger partial charge < -0.3 is 0 Å². The molecule has 0 bridgehead atoms. The lowest BCUT2D eigenvalue weighted by Gasteiger charge is -2.26. The minimum Gasteiger partial charge on any atom is -0.222 e. The van der Waals surface area contributed by atoms with Gasteiger partial charge in [-0.1, -0.05) is 55.4 Å². The van der Waals surface area contributed by atoms with Crippen LogP contribution >= 0.6 is 25.3 Å². The SMILES string of the molecule is CC(CC(S)OOC(S)CC(C)CC(C)(C)C)CC(C)(C)C. The summed E-state index contributed by atoms with van der Waals surface area (Å²) in [6.07, 6.45) is 4.08. The minimum atomic E-state index is -0.190. The summed E-state index contributed by atoms with van der Waals surface area (Å²) >= 11 is 8.94. The van der Waals surface area contributed by atoms with Gasteiger partial charge in [-0.05, 0) is 48.3 Å². The van der Waals surface area contributed by atoms with Crippen molar-refractivity contribution in [3.8, 4) is 0 Å². The van der Waals surface area contributed by atoms with Crippen molar-refractivity contribution in [3.05, 3.63) is 0 Å². The molecule has 0 heterocycles. The van der Waals surface area contributed by atoms with Crippen LogP contribution in [0.25, 0.3) is 0 Å². The average molecular weight is 351 g/mol. The smallest absolute Gasteiger partial charge is 0.136 e. The Morgan fingerprint density at radius 1 is 0.682 bits per heavy atom. The maximum Gasteiger partial charge on any atom is 0.136 e. The summed E-state index contributed by atoms with van der Waals surface area (Å²) in [5, 5.41) is 0. The highest BCUT2D eigenvalue weighted by Crippen LogP contribution is 2.30.